The fourth-order valence-corrected chi connectivity index (χ4v) is 1.77. The number of rotatable bonds is 7. The average molecular weight is 272 g/mol. The van der Waals surface area contributed by atoms with Crippen molar-refractivity contribution in [2.24, 2.45) is 5.73 Å². The second-order valence-corrected chi connectivity index (χ2v) is 4.90. The summed E-state index contributed by atoms with van der Waals surface area (Å²) >= 11 is 6.18. The Morgan fingerprint density at radius 1 is 1.39 bits per heavy atom. The molecule has 3 nitrogen and oxygen atoms in total. The smallest absolute Gasteiger partial charge is 0.138 e. The highest BCUT2D eigenvalue weighted by Gasteiger charge is 2.07. The van der Waals surface area contributed by atoms with Gasteiger partial charge in [0.2, 0.25) is 0 Å². The van der Waals surface area contributed by atoms with Crippen LogP contribution in [0, 0.1) is 0 Å². The van der Waals surface area contributed by atoms with Gasteiger partial charge >= 0.3 is 0 Å². The van der Waals surface area contributed by atoms with Gasteiger partial charge in [-0.25, -0.2) is 0 Å². The van der Waals surface area contributed by atoms with Gasteiger partial charge in [0.1, 0.15) is 12.4 Å². The van der Waals surface area contributed by atoms with Gasteiger partial charge in [-0.15, -0.1) is 0 Å². The number of hydrogen-bond acceptors (Lipinski definition) is 3. The Balaban J connectivity index is 2.62. The molecule has 0 radical (unpaired) electrons. The van der Waals surface area contributed by atoms with Crippen molar-refractivity contribution in [2.75, 3.05) is 13.7 Å². The molecular weight excluding hydrogens is 250 g/mol. The van der Waals surface area contributed by atoms with Crippen LogP contribution in [0.2, 0.25) is 5.02 Å². The summed E-state index contributed by atoms with van der Waals surface area (Å²) in [5, 5.41) is 0.624. The van der Waals surface area contributed by atoms with Crippen LogP contribution in [0.15, 0.2) is 18.2 Å². The third-order valence-electron chi connectivity index (χ3n) is 2.89. The van der Waals surface area contributed by atoms with Crippen LogP contribution in [0.4, 0.5) is 0 Å². The molecule has 0 bridgehead atoms. The third-order valence-corrected chi connectivity index (χ3v) is 3.19. The van der Waals surface area contributed by atoms with E-state index in [-0.39, 0.29) is 12.1 Å². The molecule has 2 N–H and O–H groups in total. The summed E-state index contributed by atoms with van der Waals surface area (Å²) in [5.41, 5.74) is 7.06. The molecule has 0 fully saturated rings. The van der Waals surface area contributed by atoms with Gasteiger partial charge in [-0.1, -0.05) is 24.6 Å². The van der Waals surface area contributed by atoms with E-state index in [4.69, 9.17) is 26.8 Å². The second kappa shape index (κ2) is 7.62. The molecule has 2 unspecified atom stereocenters. The number of ether oxygens (including phenoxy) is 2. The zero-order valence-electron chi connectivity index (χ0n) is 11.3. The van der Waals surface area contributed by atoms with Crippen molar-refractivity contribution in [3.8, 4) is 5.75 Å². The van der Waals surface area contributed by atoms with E-state index < -0.39 is 0 Å². The van der Waals surface area contributed by atoms with Gasteiger partial charge in [-0.05, 0) is 37.5 Å². The van der Waals surface area contributed by atoms with Crippen LogP contribution < -0.4 is 10.5 Å². The van der Waals surface area contributed by atoms with E-state index in [1.54, 1.807) is 7.11 Å². The molecule has 0 amide bonds. The largest absolute Gasteiger partial charge is 0.489 e. The highest BCUT2D eigenvalue weighted by molar-refractivity contribution is 6.32. The first-order valence-corrected chi connectivity index (χ1v) is 6.64. The van der Waals surface area contributed by atoms with Crippen LogP contribution >= 0.6 is 11.6 Å². The lowest BCUT2D eigenvalue weighted by Crippen LogP contribution is -2.21. The Kier molecular flexibility index (Phi) is 6.47. The van der Waals surface area contributed by atoms with Gasteiger partial charge in [0, 0.05) is 13.2 Å². The van der Waals surface area contributed by atoms with E-state index in [9.17, 15) is 0 Å². The number of methoxy groups -OCH3 is 1. The molecule has 0 aliphatic rings. The first-order chi connectivity index (χ1) is 8.56. The van der Waals surface area contributed by atoms with E-state index in [1.165, 1.54) is 0 Å². The highest BCUT2D eigenvalue weighted by atomic mass is 35.5. The second-order valence-electron chi connectivity index (χ2n) is 4.49. The Morgan fingerprint density at radius 2 is 2.11 bits per heavy atom. The Hall–Kier alpha value is -0.770. The maximum Gasteiger partial charge on any atom is 0.138 e. The average Bonchev–Trinajstić information content (AvgIpc) is 2.37. The molecule has 0 saturated heterocycles. The van der Waals surface area contributed by atoms with Crippen molar-refractivity contribution >= 4 is 11.6 Å². The van der Waals surface area contributed by atoms with Crippen molar-refractivity contribution in [3.05, 3.63) is 28.8 Å². The monoisotopic (exact) mass is 271 g/mol. The van der Waals surface area contributed by atoms with Gasteiger partial charge in [0.05, 0.1) is 11.1 Å². The van der Waals surface area contributed by atoms with Crippen LogP contribution in [0.1, 0.15) is 25.8 Å². The summed E-state index contributed by atoms with van der Waals surface area (Å²) in [7, 11) is 1.66. The number of nitrogens with two attached hydrogens (primary N) is 1. The van der Waals surface area contributed by atoms with E-state index in [2.05, 4.69) is 6.92 Å². The predicted octanol–water partition coefficient (Wildman–Crippen LogP) is 3.03. The van der Waals surface area contributed by atoms with Gasteiger partial charge in [-0.2, -0.15) is 0 Å². The first kappa shape index (κ1) is 15.3. The molecule has 18 heavy (non-hydrogen) atoms. The molecule has 0 saturated carbocycles. The molecule has 0 aliphatic carbocycles. The summed E-state index contributed by atoms with van der Waals surface area (Å²) in [5.74, 6) is 0.689. The molecule has 1 aromatic rings. The highest BCUT2D eigenvalue weighted by Crippen LogP contribution is 2.26. The normalized spacial score (nSPS) is 14.3. The molecule has 1 rings (SSSR count). The standard InChI is InChI=1S/C14H22ClNO2/c1-4-12(16)7-11-5-6-14(13(15)8-11)18-9-10(2)17-3/h5-6,8,10,12H,4,7,9,16H2,1-3H3. The summed E-state index contributed by atoms with van der Waals surface area (Å²) in [4.78, 5) is 0. The van der Waals surface area contributed by atoms with E-state index in [0.717, 1.165) is 18.4 Å². The fraction of sp³-hybridized carbons (Fsp3) is 0.571. The fourth-order valence-electron chi connectivity index (χ4n) is 1.51. The zero-order chi connectivity index (χ0) is 13.5. The third kappa shape index (κ3) is 4.84. The number of benzene rings is 1. The van der Waals surface area contributed by atoms with Gasteiger partial charge in [0.15, 0.2) is 0 Å². The quantitative estimate of drug-likeness (QED) is 0.829. The molecule has 1 aromatic carbocycles. The Labute approximate surface area is 114 Å². The lowest BCUT2D eigenvalue weighted by Gasteiger charge is -2.14. The van der Waals surface area contributed by atoms with Crippen LogP contribution in [0.25, 0.3) is 0 Å². The van der Waals surface area contributed by atoms with Crippen LogP contribution in [-0.2, 0) is 11.2 Å². The van der Waals surface area contributed by atoms with Gasteiger partial charge in [0.25, 0.3) is 0 Å². The molecule has 4 heteroatoms. The molecule has 0 heterocycles. The minimum atomic E-state index is 0.0502. The van der Waals surface area contributed by atoms with Crippen LogP contribution in [-0.4, -0.2) is 25.9 Å². The number of hydrogen-bond donors (Lipinski definition) is 1. The minimum absolute atomic E-state index is 0.0502. The van der Waals surface area contributed by atoms with E-state index >= 15 is 0 Å². The molecular formula is C14H22ClNO2. The van der Waals surface area contributed by atoms with Crippen molar-refractivity contribution in [1.82, 2.24) is 0 Å². The van der Waals surface area contributed by atoms with Crippen molar-refractivity contribution < 1.29 is 9.47 Å². The molecule has 2 atom stereocenters. The van der Waals surface area contributed by atoms with Gasteiger partial charge in [-0.3, -0.25) is 0 Å². The predicted molar refractivity (Wildman–Crippen MR) is 75.4 cm³/mol. The topological polar surface area (TPSA) is 44.5 Å². The SMILES string of the molecule is CCC(N)Cc1ccc(OCC(C)OC)c(Cl)c1. The Bertz CT molecular complexity index is 371. The summed E-state index contributed by atoms with van der Waals surface area (Å²) < 4.78 is 10.7. The molecule has 102 valence electrons. The van der Waals surface area contributed by atoms with Crippen molar-refractivity contribution in [1.29, 1.82) is 0 Å². The zero-order valence-corrected chi connectivity index (χ0v) is 12.0. The lowest BCUT2D eigenvalue weighted by atomic mass is 10.0. The lowest BCUT2D eigenvalue weighted by molar-refractivity contribution is 0.0717. The maximum absolute atomic E-state index is 6.18. The first-order valence-electron chi connectivity index (χ1n) is 6.26. The van der Waals surface area contributed by atoms with Crippen LogP contribution in [0.3, 0.4) is 0 Å². The minimum Gasteiger partial charge on any atom is -0.489 e. The summed E-state index contributed by atoms with van der Waals surface area (Å²) in [6, 6.07) is 6.00. The molecule has 0 aromatic heterocycles. The van der Waals surface area contributed by atoms with Crippen molar-refractivity contribution in [3.63, 3.8) is 0 Å². The van der Waals surface area contributed by atoms with Crippen molar-refractivity contribution in [2.45, 2.75) is 38.8 Å². The van der Waals surface area contributed by atoms with E-state index in [0.29, 0.717) is 17.4 Å². The Morgan fingerprint density at radius 3 is 2.67 bits per heavy atom. The summed E-state index contributed by atoms with van der Waals surface area (Å²) in [6.45, 7) is 4.52. The number of halogens is 1. The van der Waals surface area contributed by atoms with Crippen LogP contribution in [0.5, 0.6) is 5.75 Å². The molecule has 0 spiro atoms. The molecule has 0 aliphatic heterocycles. The van der Waals surface area contributed by atoms with E-state index in [1.807, 2.05) is 25.1 Å². The van der Waals surface area contributed by atoms with Gasteiger partial charge < -0.3 is 15.2 Å². The maximum atomic E-state index is 6.18. The summed E-state index contributed by atoms with van der Waals surface area (Å²) in [6.07, 6.45) is 1.85.